The summed E-state index contributed by atoms with van der Waals surface area (Å²) in [5.74, 6) is -2.34. The molecule has 2 N–H and O–H groups in total. The molecule has 0 saturated carbocycles. The van der Waals surface area contributed by atoms with Gasteiger partial charge in [0.05, 0.1) is 0 Å². The summed E-state index contributed by atoms with van der Waals surface area (Å²) in [5.41, 5.74) is 2.76. The molecular formula is C22H15F2NO2. The largest absolute Gasteiger partial charge is 0.477 e. The summed E-state index contributed by atoms with van der Waals surface area (Å²) >= 11 is 0. The molecule has 4 aromatic rings. The van der Waals surface area contributed by atoms with E-state index in [1.807, 2.05) is 18.2 Å². The van der Waals surface area contributed by atoms with Gasteiger partial charge in [-0.15, -0.1) is 0 Å². The smallest absolute Gasteiger partial charge is 0.352 e. The number of fused-ring (bicyclic) bond motifs is 1. The fourth-order valence-corrected chi connectivity index (χ4v) is 3.47. The van der Waals surface area contributed by atoms with E-state index in [-0.39, 0.29) is 17.3 Å². The number of nitrogens with one attached hydrogen (secondary N) is 1. The molecule has 3 aromatic carbocycles. The molecule has 0 radical (unpaired) electrons. The fourth-order valence-electron chi connectivity index (χ4n) is 3.47. The number of carboxylic acid groups (broad SMARTS) is 1. The second-order valence-electron chi connectivity index (χ2n) is 6.30. The second kappa shape index (κ2) is 6.68. The van der Waals surface area contributed by atoms with Crippen LogP contribution in [0.3, 0.4) is 0 Å². The molecule has 27 heavy (non-hydrogen) atoms. The minimum atomic E-state index is -1.09. The molecule has 0 aliphatic heterocycles. The lowest BCUT2D eigenvalue weighted by atomic mass is 9.83. The number of carboxylic acids is 1. The summed E-state index contributed by atoms with van der Waals surface area (Å²) in [6, 6.07) is 19.1. The van der Waals surface area contributed by atoms with Gasteiger partial charge in [-0.05, 0) is 41.5 Å². The van der Waals surface area contributed by atoms with E-state index in [1.165, 1.54) is 24.3 Å². The Balaban J connectivity index is 2.03. The van der Waals surface area contributed by atoms with E-state index < -0.39 is 11.9 Å². The topological polar surface area (TPSA) is 53.1 Å². The summed E-state index contributed by atoms with van der Waals surface area (Å²) in [7, 11) is 0. The van der Waals surface area contributed by atoms with E-state index in [0.717, 1.165) is 16.5 Å². The SMILES string of the molecule is O=C(O)c1[nH]c2ccccc2c1C(c1ccc(F)cc1)c1ccc(F)cc1. The lowest BCUT2D eigenvalue weighted by molar-refractivity contribution is 0.0690. The Bertz CT molecular complexity index is 1070. The van der Waals surface area contributed by atoms with E-state index in [9.17, 15) is 18.7 Å². The first-order chi connectivity index (χ1) is 13.0. The standard InChI is InChI=1S/C22H15F2NO2/c23-15-9-5-13(6-10-15)19(14-7-11-16(24)12-8-14)20-17-3-1-2-4-18(17)25-21(20)22(26)27/h1-12,19,25H,(H,26,27). The zero-order chi connectivity index (χ0) is 19.0. The lowest BCUT2D eigenvalue weighted by Crippen LogP contribution is -2.09. The van der Waals surface area contributed by atoms with Crippen molar-refractivity contribution in [3.63, 3.8) is 0 Å². The molecule has 134 valence electrons. The van der Waals surface area contributed by atoms with Crippen LogP contribution in [0.5, 0.6) is 0 Å². The summed E-state index contributed by atoms with van der Waals surface area (Å²) in [6.45, 7) is 0. The third-order valence-corrected chi connectivity index (χ3v) is 4.66. The number of hydrogen-bond acceptors (Lipinski definition) is 1. The maximum Gasteiger partial charge on any atom is 0.352 e. The molecule has 0 aliphatic carbocycles. The number of aromatic nitrogens is 1. The van der Waals surface area contributed by atoms with Crippen LogP contribution in [0.25, 0.3) is 10.9 Å². The van der Waals surface area contributed by atoms with Gasteiger partial charge >= 0.3 is 5.97 Å². The summed E-state index contributed by atoms with van der Waals surface area (Å²) in [6.07, 6.45) is 0. The zero-order valence-corrected chi connectivity index (χ0v) is 14.1. The van der Waals surface area contributed by atoms with Crippen LogP contribution in [0.15, 0.2) is 72.8 Å². The molecule has 0 fully saturated rings. The van der Waals surface area contributed by atoms with Crippen LogP contribution in [0, 0.1) is 11.6 Å². The molecule has 0 unspecified atom stereocenters. The van der Waals surface area contributed by atoms with Gasteiger partial charge in [-0.1, -0.05) is 42.5 Å². The quantitative estimate of drug-likeness (QED) is 0.515. The number of para-hydroxylation sites is 1. The van der Waals surface area contributed by atoms with Gasteiger partial charge in [0.1, 0.15) is 17.3 Å². The van der Waals surface area contributed by atoms with Crippen molar-refractivity contribution in [3.8, 4) is 0 Å². The first-order valence-corrected chi connectivity index (χ1v) is 8.39. The molecule has 0 atom stereocenters. The second-order valence-corrected chi connectivity index (χ2v) is 6.30. The Hall–Kier alpha value is -3.47. The molecule has 0 amide bonds. The van der Waals surface area contributed by atoms with E-state index in [4.69, 9.17) is 0 Å². The number of carbonyl (C=O) groups is 1. The van der Waals surface area contributed by atoms with E-state index in [1.54, 1.807) is 30.3 Å². The molecule has 0 aliphatic rings. The highest BCUT2D eigenvalue weighted by molar-refractivity contribution is 5.98. The van der Waals surface area contributed by atoms with Crippen LogP contribution in [0.4, 0.5) is 8.78 Å². The van der Waals surface area contributed by atoms with Crippen LogP contribution >= 0.6 is 0 Å². The van der Waals surface area contributed by atoms with Crippen LogP contribution < -0.4 is 0 Å². The van der Waals surface area contributed by atoms with Crippen molar-refractivity contribution < 1.29 is 18.7 Å². The Morgan fingerprint density at radius 2 is 1.33 bits per heavy atom. The van der Waals surface area contributed by atoms with Crippen LogP contribution in [-0.4, -0.2) is 16.1 Å². The van der Waals surface area contributed by atoms with Crippen molar-refractivity contribution in [1.29, 1.82) is 0 Å². The Morgan fingerprint density at radius 3 is 1.85 bits per heavy atom. The van der Waals surface area contributed by atoms with Crippen molar-refractivity contribution in [2.45, 2.75) is 5.92 Å². The average molecular weight is 363 g/mol. The van der Waals surface area contributed by atoms with Gasteiger partial charge in [0, 0.05) is 22.4 Å². The predicted molar refractivity (Wildman–Crippen MR) is 99.0 cm³/mol. The third-order valence-electron chi connectivity index (χ3n) is 4.66. The van der Waals surface area contributed by atoms with Crippen molar-refractivity contribution in [2.24, 2.45) is 0 Å². The van der Waals surface area contributed by atoms with Crippen molar-refractivity contribution in [1.82, 2.24) is 4.98 Å². The first-order valence-electron chi connectivity index (χ1n) is 8.39. The normalized spacial score (nSPS) is 11.2. The summed E-state index contributed by atoms with van der Waals surface area (Å²) in [5, 5.41) is 10.5. The molecular weight excluding hydrogens is 348 g/mol. The van der Waals surface area contributed by atoms with Gasteiger partial charge in [-0.2, -0.15) is 0 Å². The highest BCUT2D eigenvalue weighted by atomic mass is 19.1. The van der Waals surface area contributed by atoms with Crippen LogP contribution in [0.1, 0.15) is 33.1 Å². The highest BCUT2D eigenvalue weighted by Crippen LogP contribution is 2.38. The number of halogens is 2. The maximum atomic E-state index is 13.5. The van der Waals surface area contributed by atoms with Crippen molar-refractivity contribution in [3.05, 3.63) is 107 Å². The molecule has 1 aromatic heterocycles. The Kier molecular flexibility index (Phi) is 4.20. The number of aromatic carboxylic acids is 1. The molecule has 5 heteroatoms. The molecule has 0 spiro atoms. The monoisotopic (exact) mass is 363 g/mol. The Labute approximate surface area is 153 Å². The molecule has 0 bridgehead atoms. The maximum absolute atomic E-state index is 13.5. The minimum Gasteiger partial charge on any atom is -0.477 e. The van der Waals surface area contributed by atoms with Crippen LogP contribution in [-0.2, 0) is 0 Å². The highest BCUT2D eigenvalue weighted by Gasteiger charge is 2.27. The number of rotatable bonds is 4. The first kappa shape index (κ1) is 17.0. The molecule has 3 nitrogen and oxygen atoms in total. The molecule has 0 saturated heterocycles. The summed E-state index contributed by atoms with van der Waals surface area (Å²) in [4.78, 5) is 14.9. The van der Waals surface area contributed by atoms with Gasteiger partial charge in [0.25, 0.3) is 0 Å². The summed E-state index contributed by atoms with van der Waals surface area (Å²) < 4.78 is 26.9. The average Bonchev–Trinajstić information content (AvgIpc) is 3.05. The fraction of sp³-hybridized carbons (Fsp3) is 0.0455. The van der Waals surface area contributed by atoms with Gasteiger partial charge < -0.3 is 10.1 Å². The van der Waals surface area contributed by atoms with Crippen molar-refractivity contribution in [2.75, 3.05) is 0 Å². The van der Waals surface area contributed by atoms with Crippen LogP contribution in [0.2, 0.25) is 0 Å². The van der Waals surface area contributed by atoms with Gasteiger partial charge in [-0.3, -0.25) is 0 Å². The van der Waals surface area contributed by atoms with Gasteiger partial charge in [-0.25, -0.2) is 13.6 Å². The number of aromatic amines is 1. The van der Waals surface area contributed by atoms with Crippen molar-refractivity contribution >= 4 is 16.9 Å². The third kappa shape index (κ3) is 3.08. The number of H-pyrrole nitrogens is 1. The van der Waals surface area contributed by atoms with Gasteiger partial charge in [0.2, 0.25) is 0 Å². The predicted octanol–water partition coefficient (Wildman–Crippen LogP) is 5.32. The number of hydrogen-bond donors (Lipinski definition) is 2. The lowest BCUT2D eigenvalue weighted by Gasteiger charge is -2.19. The number of benzene rings is 3. The van der Waals surface area contributed by atoms with E-state index in [2.05, 4.69) is 4.98 Å². The zero-order valence-electron chi connectivity index (χ0n) is 14.1. The Morgan fingerprint density at radius 1 is 0.815 bits per heavy atom. The minimum absolute atomic E-state index is 0.0647. The molecule has 4 rings (SSSR count). The van der Waals surface area contributed by atoms with E-state index >= 15 is 0 Å². The van der Waals surface area contributed by atoms with E-state index in [0.29, 0.717) is 11.1 Å². The van der Waals surface area contributed by atoms with Gasteiger partial charge in [0.15, 0.2) is 0 Å². The molecule has 1 heterocycles.